The highest BCUT2D eigenvalue weighted by Gasteiger charge is 2.17. The summed E-state index contributed by atoms with van der Waals surface area (Å²) in [5.41, 5.74) is 1.26. The van der Waals surface area contributed by atoms with E-state index in [1.807, 2.05) is 17.9 Å². The van der Waals surface area contributed by atoms with Gasteiger partial charge in [-0.15, -0.1) is 0 Å². The minimum Gasteiger partial charge on any atom is -0.311 e. The minimum atomic E-state index is 0.853. The van der Waals surface area contributed by atoms with Crippen molar-refractivity contribution in [2.45, 2.75) is 26.3 Å². The fourth-order valence-electron chi connectivity index (χ4n) is 2.49. The van der Waals surface area contributed by atoms with E-state index in [0.717, 1.165) is 19.0 Å². The average Bonchev–Trinajstić information content (AvgIpc) is 2.76. The van der Waals surface area contributed by atoms with Crippen molar-refractivity contribution >= 4 is 0 Å². The molecule has 1 aromatic heterocycles. The normalized spacial score (nSPS) is 18.7. The maximum Gasteiger partial charge on any atom is 0.0518 e. The Labute approximate surface area is 104 Å². The lowest BCUT2D eigenvalue weighted by molar-refractivity contribution is 0.190. The van der Waals surface area contributed by atoms with E-state index in [9.17, 15) is 0 Å². The Morgan fingerprint density at radius 3 is 2.76 bits per heavy atom. The van der Waals surface area contributed by atoms with Crippen LogP contribution in [0, 0.1) is 5.92 Å². The van der Waals surface area contributed by atoms with Crippen LogP contribution in [-0.4, -0.2) is 40.9 Å². The number of likely N-dealkylation sites (tertiary alicyclic amines) is 1. The fourth-order valence-corrected chi connectivity index (χ4v) is 2.49. The van der Waals surface area contributed by atoms with Gasteiger partial charge in [-0.2, -0.15) is 5.10 Å². The summed E-state index contributed by atoms with van der Waals surface area (Å²) in [4.78, 5) is 2.54. The second-order valence-electron chi connectivity index (χ2n) is 4.95. The number of aromatic nitrogens is 2. The van der Waals surface area contributed by atoms with Crippen LogP contribution in [0.2, 0.25) is 0 Å². The molecule has 4 nitrogen and oxygen atoms in total. The number of rotatable bonds is 5. The lowest BCUT2D eigenvalue weighted by Crippen LogP contribution is -2.37. The van der Waals surface area contributed by atoms with Crippen molar-refractivity contribution in [2.75, 3.05) is 26.2 Å². The van der Waals surface area contributed by atoms with Crippen LogP contribution in [0.5, 0.6) is 0 Å². The predicted octanol–water partition coefficient (Wildman–Crippen LogP) is 1.24. The number of hydrogen-bond acceptors (Lipinski definition) is 3. The third-order valence-electron chi connectivity index (χ3n) is 3.82. The first-order valence-electron chi connectivity index (χ1n) is 6.69. The van der Waals surface area contributed by atoms with Gasteiger partial charge in [0, 0.05) is 19.8 Å². The Morgan fingerprint density at radius 1 is 1.41 bits per heavy atom. The summed E-state index contributed by atoms with van der Waals surface area (Å²) in [7, 11) is 2.00. The fraction of sp³-hybridized carbons (Fsp3) is 0.769. The van der Waals surface area contributed by atoms with Gasteiger partial charge in [-0.25, -0.2) is 0 Å². The summed E-state index contributed by atoms with van der Waals surface area (Å²) in [6, 6.07) is 2.08. The quantitative estimate of drug-likeness (QED) is 0.835. The van der Waals surface area contributed by atoms with Crippen LogP contribution in [0.1, 0.15) is 25.5 Å². The Kier molecular flexibility index (Phi) is 4.57. The van der Waals surface area contributed by atoms with E-state index in [4.69, 9.17) is 0 Å². The first kappa shape index (κ1) is 12.6. The first-order valence-corrected chi connectivity index (χ1v) is 6.69. The Hall–Kier alpha value is -0.870. The van der Waals surface area contributed by atoms with Crippen molar-refractivity contribution in [1.29, 1.82) is 0 Å². The predicted molar refractivity (Wildman–Crippen MR) is 69.8 cm³/mol. The minimum absolute atomic E-state index is 0.853. The third kappa shape index (κ3) is 3.54. The molecule has 1 aromatic rings. The maximum atomic E-state index is 4.17. The van der Waals surface area contributed by atoms with Crippen LogP contribution in [0.15, 0.2) is 12.3 Å². The van der Waals surface area contributed by atoms with Gasteiger partial charge >= 0.3 is 0 Å². The van der Waals surface area contributed by atoms with Crippen molar-refractivity contribution in [3.8, 4) is 0 Å². The van der Waals surface area contributed by atoms with Gasteiger partial charge in [-0.3, -0.25) is 4.68 Å². The molecule has 1 N–H and O–H groups in total. The molecule has 0 unspecified atom stereocenters. The van der Waals surface area contributed by atoms with Crippen LogP contribution < -0.4 is 5.32 Å². The number of piperidine rings is 1. The summed E-state index contributed by atoms with van der Waals surface area (Å²) in [6.45, 7) is 8.08. The highest BCUT2D eigenvalue weighted by atomic mass is 15.3. The number of nitrogens with zero attached hydrogens (tertiary/aromatic N) is 3. The summed E-state index contributed by atoms with van der Waals surface area (Å²) in [6.07, 6.45) is 4.54. The molecule has 1 fully saturated rings. The molecular formula is C13H24N4. The Bertz CT molecular complexity index is 326. The molecule has 0 bridgehead atoms. The zero-order valence-corrected chi connectivity index (χ0v) is 11.0. The molecule has 96 valence electrons. The van der Waals surface area contributed by atoms with E-state index in [1.54, 1.807) is 0 Å². The Morgan fingerprint density at radius 2 is 2.18 bits per heavy atom. The van der Waals surface area contributed by atoms with Crippen LogP contribution in [0.3, 0.4) is 0 Å². The number of aryl methyl sites for hydroxylation is 1. The Balaban J connectivity index is 1.65. The van der Waals surface area contributed by atoms with Crippen molar-refractivity contribution < 1.29 is 0 Å². The van der Waals surface area contributed by atoms with Gasteiger partial charge in [-0.05, 0) is 51.0 Å². The monoisotopic (exact) mass is 236 g/mol. The van der Waals surface area contributed by atoms with Crippen LogP contribution in [0.25, 0.3) is 0 Å². The van der Waals surface area contributed by atoms with E-state index in [0.29, 0.717) is 0 Å². The smallest absolute Gasteiger partial charge is 0.0518 e. The van der Waals surface area contributed by atoms with E-state index < -0.39 is 0 Å². The number of nitrogens with one attached hydrogen (secondary N) is 1. The zero-order valence-electron chi connectivity index (χ0n) is 11.0. The molecule has 4 heteroatoms. The average molecular weight is 236 g/mol. The van der Waals surface area contributed by atoms with E-state index in [2.05, 4.69) is 28.3 Å². The molecule has 1 aliphatic heterocycles. The lowest BCUT2D eigenvalue weighted by Gasteiger charge is -2.31. The molecule has 0 atom stereocenters. The van der Waals surface area contributed by atoms with Crippen molar-refractivity contribution in [2.24, 2.45) is 13.0 Å². The summed E-state index contributed by atoms with van der Waals surface area (Å²) in [5, 5.41) is 7.72. The van der Waals surface area contributed by atoms with E-state index in [-0.39, 0.29) is 0 Å². The summed E-state index contributed by atoms with van der Waals surface area (Å²) in [5.74, 6) is 0.853. The molecule has 1 aliphatic rings. The molecule has 0 saturated carbocycles. The van der Waals surface area contributed by atoms with Gasteiger partial charge in [-0.1, -0.05) is 6.92 Å². The summed E-state index contributed by atoms with van der Waals surface area (Å²) < 4.78 is 1.94. The molecule has 0 spiro atoms. The molecule has 0 aliphatic carbocycles. The van der Waals surface area contributed by atoms with Gasteiger partial charge in [0.2, 0.25) is 0 Å². The standard InChI is InChI=1S/C13H24N4/c1-3-17-8-5-12(6-9-17)10-14-11-13-4-7-15-16(13)2/h4,7,12,14H,3,5-6,8-11H2,1-2H3. The topological polar surface area (TPSA) is 33.1 Å². The van der Waals surface area contributed by atoms with Crippen molar-refractivity contribution in [3.63, 3.8) is 0 Å². The van der Waals surface area contributed by atoms with Gasteiger partial charge in [0.25, 0.3) is 0 Å². The molecule has 2 rings (SSSR count). The molecule has 17 heavy (non-hydrogen) atoms. The molecule has 0 amide bonds. The van der Waals surface area contributed by atoms with Gasteiger partial charge in [0.15, 0.2) is 0 Å². The highest BCUT2D eigenvalue weighted by Crippen LogP contribution is 2.15. The molecule has 1 saturated heterocycles. The van der Waals surface area contributed by atoms with Gasteiger partial charge in [0.05, 0.1) is 5.69 Å². The molecule has 0 aromatic carbocycles. The van der Waals surface area contributed by atoms with E-state index >= 15 is 0 Å². The van der Waals surface area contributed by atoms with Crippen LogP contribution in [-0.2, 0) is 13.6 Å². The molecular weight excluding hydrogens is 212 g/mol. The molecule has 2 heterocycles. The SMILES string of the molecule is CCN1CCC(CNCc2ccnn2C)CC1. The highest BCUT2D eigenvalue weighted by molar-refractivity contribution is 4.99. The first-order chi connectivity index (χ1) is 8.29. The van der Waals surface area contributed by atoms with Gasteiger partial charge in [0.1, 0.15) is 0 Å². The largest absolute Gasteiger partial charge is 0.311 e. The van der Waals surface area contributed by atoms with Crippen LogP contribution >= 0.6 is 0 Å². The summed E-state index contributed by atoms with van der Waals surface area (Å²) >= 11 is 0. The second kappa shape index (κ2) is 6.17. The van der Waals surface area contributed by atoms with Crippen molar-refractivity contribution in [3.05, 3.63) is 18.0 Å². The lowest BCUT2D eigenvalue weighted by atomic mass is 9.97. The van der Waals surface area contributed by atoms with Crippen LogP contribution in [0.4, 0.5) is 0 Å². The second-order valence-corrected chi connectivity index (χ2v) is 4.95. The van der Waals surface area contributed by atoms with Crippen molar-refractivity contribution in [1.82, 2.24) is 20.0 Å². The maximum absolute atomic E-state index is 4.17. The molecule has 0 radical (unpaired) electrons. The number of hydrogen-bond donors (Lipinski definition) is 1. The third-order valence-corrected chi connectivity index (χ3v) is 3.82. The van der Waals surface area contributed by atoms with E-state index in [1.165, 1.54) is 38.2 Å². The zero-order chi connectivity index (χ0) is 12.1. The van der Waals surface area contributed by atoms with Gasteiger partial charge < -0.3 is 10.2 Å².